The average molecular weight is 340 g/mol. The minimum Gasteiger partial charge on any atom is -0.308 e. The van der Waals surface area contributed by atoms with Gasteiger partial charge in [0.15, 0.2) is 0 Å². The van der Waals surface area contributed by atoms with Crippen molar-refractivity contribution in [2.75, 3.05) is 16.9 Å². The maximum atomic E-state index is 11.9. The van der Waals surface area contributed by atoms with Gasteiger partial charge in [0.1, 0.15) is 0 Å². The number of carbonyl (C=O) groups excluding carboxylic acids is 1. The Labute approximate surface area is 137 Å². The summed E-state index contributed by atoms with van der Waals surface area (Å²) in [5.41, 5.74) is 1.18. The molecule has 0 saturated carbocycles. The molecule has 2 rings (SSSR count). The summed E-state index contributed by atoms with van der Waals surface area (Å²) in [6.45, 7) is 0. The van der Waals surface area contributed by atoms with E-state index in [9.17, 15) is 14.9 Å². The highest BCUT2D eigenvalue weighted by Gasteiger charge is 2.08. The van der Waals surface area contributed by atoms with E-state index in [1.165, 1.54) is 36.0 Å². The van der Waals surface area contributed by atoms with E-state index in [1.54, 1.807) is 6.07 Å². The quantitative estimate of drug-likeness (QED) is 0.491. The van der Waals surface area contributed by atoms with Crippen molar-refractivity contribution in [3.63, 3.8) is 0 Å². The van der Waals surface area contributed by atoms with Crippen LogP contribution in [0.1, 0.15) is 0 Å². The number of benzene rings is 2. The number of nitro benzene ring substituents is 1. The third-order valence-corrected chi connectivity index (χ3v) is 3.49. The highest BCUT2D eigenvalue weighted by Crippen LogP contribution is 2.24. The van der Waals surface area contributed by atoms with Gasteiger partial charge in [-0.05, 0) is 30.5 Å². The number of hydrogen-bond acceptors (Lipinski definition) is 4. The Hall–Kier alpha value is -2.25. The van der Waals surface area contributed by atoms with E-state index < -0.39 is 11.0 Å². The molecule has 0 heterocycles. The highest BCUT2D eigenvalue weighted by atomic mass is 35.5. The van der Waals surface area contributed by atoms with Crippen molar-refractivity contribution in [3.05, 3.63) is 58.6 Å². The summed E-state index contributed by atoms with van der Waals surface area (Å²) >= 11 is 1.53. The van der Waals surface area contributed by atoms with Crippen LogP contribution < -0.4 is 10.6 Å². The van der Waals surface area contributed by atoms with Crippen LogP contribution in [0.15, 0.2) is 53.4 Å². The molecule has 0 spiro atoms. The molecule has 2 aromatic rings. The number of para-hydroxylation sites is 1. The summed E-state index contributed by atoms with van der Waals surface area (Å²) in [5, 5.41) is 15.9. The van der Waals surface area contributed by atoms with E-state index in [0.717, 1.165) is 4.90 Å². The zero-order valence-electron chi connectivity index (χ0n) is 11.6. The maximum absolute atomic E-state index is 11.9. The van der Waals surface area contributed by atoms with Crippen LogP contribution in [0, 0.1) is 10.1 Å². The van der Waals surface area contributed by atoms with Gasteiger partial charge in [-0.15, -0.1) is 24.2 Å². The molecule has 0 atom stereocenters. The maximum Gasteiger partial charge on any atom is 0.323 e. The molecular formula is C14H14ClN3O3S. The molecule has 6 nitrogen and oxygen atoms in total. The number of thioether (sulfide) groups is 1. The second kappa shape index (κ2) is 8.26. The second-order valence-corrected chi connectivity index (χ2v) is 4.93. The molecule has 0 aromatic heterocycles. The van der Waals surface area contributed by atoms with Crippen LogP contribution in [0.25, 0.3) is 0 Å². The predicted octanol–water partition coefficient (Wildman–Crippen LogP) is 4.38. The minimum atomic E-state index is -0.488. The first kappa shape index (κ1) is 17.8. The van der Waals surface area contributed by atoms with Crippen molar-refractivity contribution in [3.8, 4) is 0 Å². The van der Waals surface area contributed by atoms with Gasteiger partial charge in [0.2, 0.25) is 0 Å². The number of anilines is 2. The molecule has 116 valence electrons. The molecule has 0 aliphatic rings. The van der Waals surface area contributed by atoms with Gasteiger partial charge in [-0.25, -0.2) is 4.79 Å². The Kier molecular flexibility index (Phi) is 6.68. The number of urea groups is 1. The normalized spacial score (nSPS) is 9.50. The number of halogens is 1. The van der Waals surface area contributed by atoms with E-state index in [0.29, 0.717) is 11.4 Å². The number of non-ortho nitro benzene ring substituents is 1. The Morgan fingerprint density at radius 2 is 1.73 bits per heavy atom. The summed E-state index contributed by atoms with van der Waals surface area (Å²) in [7, 11) is 0. The molecule has 2 N–H and O–H groups in total. The summed E-state index contributed by atoms with van der Waals surface area (Å²) in [4.78, 5) is 22.9. The fraction of sp³-hybridized carbons (Fsp3) is 0.0714. The molecule has 2 aromatic carbocycles. The number of nitrogens with one attached hydrogen (secondary N) is 2. The minimum absolute atomic E-state index is 0. The predicted molar refractivity (Wildman–Crippen MR) is 91.2 cm³/mol. The Morgan fingerprint density at radius 3 is 2.32 bits per heavy atom. The van der Waals surface area contributed by atoms with Crippen molar-refractivity contribution in [1.29, 1.82) is 0 Å². The summed E-state index contributed by atoms with van der Waals surface area (Å²) in [5.74, 6) is 0. The lowest BCUT2D eigenvalue weighted by atomic mass is 10.3. The molecule has 22 heavy (non-hydrogen) atoms. The summed E-state index contributed by atoms with van der Waals surface area (Å²) in [6.07, 6.45) is 1.93. The van der Waals surface area contributed by atoms with Crippen molar-refractivity contribution >= 4 is 47.3 Å². The molecular weight excluding hydrogens is 326 g/mol. The van der Waals surface area contributed by atoms with Crippen molar-refractivity contribution in [1.82, 2.24) is 0 Å². The van der Waals surface area contributed by atoms with E-state index in [-0.39, 0.29) is 18.1 Å². The van der Waals surface area contributed by atoms with Crippen LogP contribution in [-0.4, -0.2) is 17.2 Å². The number of rotatable bonds is 4. The lowest BCUT2D eigenvalue weighted by Gasteiger charge is -2.10. The van der Waals surface area contributed by atoms with Gasteiger partial charge in [0.25, 0.3) is 5.69 Å². The smallest absolute Gasteiger partial charge is 0.308 e. The first-order chi connectivity index (χ1) is 10.1. The van der Waals surface area contributed by atoms with Gasteiger partial charge in [-0.1, -0.05) is 12.1 Å². The first-order valence-corrected chi connectivity index (χ1v) is 7.28. The van der Waals surface area contributed by atoms with Gasteiger partial charge in [-0.2, -0.15) is 0 Å². The van der Waals surface area contributed by atoms with Gasteiger partial charge in [-0.3, -0.25) is 10.1 Å². The van der Waals surface area contributed by atoms with Crippen LogP contribution in [0.5, 0.6) is 0 Å². The van der Waals surface area contributed by atoms with Crippen molar-refractivity contribution in [2.24, 2.45) is 0 Å². The summed E-state index contributed by atoms with van der Waals surface area (Å²) in [6, 6.07) is 12.7. The summed E-state index contributed by atoms with van der Waals surface area (Å²) < 4.78 is 0. The molecule has 0 radical (unpaired) electrons. The molecule has 2 amide bonds. The topological polar surface area (TPSA) is 84.3 Å². The van der Waals surface area contributed by atoms with E-state index in [1.807, 2.05) is 24.5 Å². The van der Waals surface area contributed by atoms with Gasteiger partial charge in [0.05, 0.1) is 10.6 Å². The highest BCUT2D eigenvalue weighted by molar-refractivity contribution is 7.98. The van der Waals surface area contributed by atoms with Crippen molar-refractivity contribution in [2.45, 2.75) is 4.90 Å². The second-order valence-electron chi connectivity index (χ2n) is 4.08. The van der Waals surface area contributed by atoms with Gasteiger partial charge >= 0.3 is 6.03 Å². The number of nitrogens with zero attached hydrogens (tertiary/aromatic N) is 1. The molecule has 0 unspecified atom stereocenters. The van der Waals surface area contributed by atoms with Crippen LogP contribution in [-0.2, 0) is 0 Å². The average Bonchev–Trinajstić information content (AvgIpc) is 2.48. The molecule has 0 aliphatic carbocycles. The third-order valence-electron chi connectivity index (χ3n) is 2.69. The number of carbonyl (C=O) groups is 1. The van der Waals surface area contributed by atoms with E-state index in [4.69, 9.17) is 0 Å². The standard InChI is InChI=1S/C14H13N3O3S.ClH/c1-21-13-5-3-2-4-12(13)16-14(18)15-10-6-8-11(9-7-10)17(19)20;/h2-9H,1H3,(H2,15,16,18);1H. The largest absolute Gasteiger partial charge is 0.323 e. The fourth-order valence-corrected chi connectivity index (χ4v) is 2.25. The zero-order valence-corrected chi connectivity index (χ0v) is 13.2. The first-order valence-electron chi connectivity index (χ1n) is 6.05. The van der Waals surface area contributed by atoms with E-state index >= 15 is 0 Å². The lowest BCUT2D eigenvalue weighted by molar-refractivity contribution is -0.384. The van der Waals surface area contributed by atoms with Gasteiger partial charge in [0, 0.05) is 22.7 Å². The number of amides is 2. The third kappa shape index (κ3) is 4.64. The van der Waals surface area contributed by atoms with Crippen molar-refractivity contribution < 1.29 is 9.72 Å². The Bertz CT molecular complexity index is 665. The SMILES string of the molecule is CSc1ccccc1NC(=O)Nc1ccc([N+](=O)[O-])cc1.Cl. The lowest BCUT2D eigenvalue weighted by Crippen LogP contribution is -2.19. The molecule has 0 bridgehead atoms. The van der Waals surface area contributed by atoms with Crippen LogP contribution in [0.4, 0.5) is 21.9 Å². The van der Waals surface area contributed by atoms with E-state index in [2.05, 4.69) is 10.6 Å². The zero-order chi connectivity index (χ0) is 15.2. The Balaban J connectivity index is 0.00000242. The number of nitro groups is 1. The molecule has 0 aliphatic heterocycles. The monoisotopic (exact) mass is 339 g/mol. The molecule has 0 saturated heterocycles. The molecule has 0 fully saturated rings. The fourth-order valence-electron chi connectivity index (χ4n) is 1.70. The van der Waals surface area contributed by atoms with Crippen LogP contribution in [0.2, 0.25) is 0 Å². The van der Waals surface area contributed by atoms with Crippen LogP contribution >= 0.6 is 24.2 Å². The number of hydrogen-bond donors (Lipinski definition) is 2. The molecule has 8 heteroatoms. The van der Waals surface area contributed by atoms with Gasteiger partial charge < -0.3 is 10.6 Å². The Morgan fingerprint density at radius 1 is 1.09 bits per heavy atom. The van der Waals surface area contributed by atoms with Crippen LogP contribution in [0.3, 0.4) is 0 Å².